The normalized spacial score (nSPS) is 29.8. The zero-order valence-corrected chi connectivity index (χ0v) is 15.7. The monoisotopic (exact) mass is 376 g/mol. The molecule has 0 radical (unpaired) electrons. The van der Waals surface area contributed by atoms with E-state index in [9.17, 15) is 4.79 Å². The number of halogens is 1. The Morgan fingerprint density at radius 3 is 2.73 bits per heavy atom. The second kappa shape index (κ2) is 6.59. The number of hydrogen-bond acceptors (Lipinski definition) is 5. The Morgan fingerprint density at radius 1 is 1.19 bits per heavy atom. The van der Waals surface area contributed by atoms with Crippen molar-refractivity contribution in [2.75, 3.05) is 0 Å². The number of ether oxygens (including phenoxy) is 4. The second-order valence-corrected chi connectivity index (χ2v) is 7.57. The highest BCUT2D eigenvalue weighted by Gasteiger charge is 2.56. The molecule has 0 saturated carbocycles. The topological polar surface area (TPSA) is 54.0 Å². The van der Waals surface area contributed by atoms with Gasteiger partial charge in [-0.3, -0.25) is 4.79 Å². The molecule has 0 unspecified atom stereocenters. The fourth-order valence-corrected chi connectivity index (χ4v) is 3.84. The first kappa shape index (κ1) is 17.9. The fourth-order valence-electron chi connectivity index (χ4n) is 3.62. The number of carbonyl (C=O) groups excluding carboxylic acids is 1. The van der Waals surface area contributed by atoms with Crippen molar-refractivity contribution < 1.29 is 23.7 Å². The molecule has 2 aromatic carbocycles. The van der Waals surface area contributed by atoms with E-state index in [2.05, 4.69) is 0 Å². The molecular formula is C20H21ClO5. The van der Waals surface area contributed by atoms with Crippen LogP contribution >= 0.6 is 11.6 Å². The van der Waals surface area contributed by atoms with Gasteiger partial charge in [0.2, 0.25) is 0 Å². The van der Waals surface area contributed by atoms with E-state index in [1.54, 1.807) is 0 Å². The number of hydrogen-bond donors (Lipinski definition) is 0. The Bertz CT molecular complexity index is 849. The lowest BCUT2D eigenvalue weighted by atomic mass is 10.0. The van der Waals surface area contributed by atoms with Crippen LogP contribution in [-0.4, -0.2) is 36.2 Å². The summed E-state index contributed by atoms with van der Waals surface area (Å²) in [6, 6.07) is 11.8. The van der Waals surface area contributed by atoms with Crippen molar-refractivity contribution in [1.82, 2.24) is 0 Å². The highest BCUT2D eigenvalue weighted by atomic mass is 35.5. The number of rotatable bonds is 4. The van der Waals surface area contributed by atoms with Crippen LogP contribution in [0.3, 0.4) is 0 Å². The molecule has 2 heterocycles. The Balaban J connectivity index is 1.60. The molecule has 0 spiro atoms. The molecular weight excluding hydrogens is 356 g/mol. The van der Waals surface area contributed by atoms with Gasteiger partial charge in [-0.1, -0.05) is 41.9 Å². The average molecular weight is 377 g/mol. The van der Waals surface area contributed by atoms with E-state index in [0.29, 0.717) is 5.02 Å². The molecule has 0 aliphatic carbocycles. The number of ketones is 1. The van der Waals surface area contributed by atoms with Crippen molar-refractivity contribution in [2.24, 2.45) is 0 Å². The molecule has 2 saturated heterocycles. The van der Waals surface area contributed by atoms with Gasteiger partial charge in [-0.25, -0.2) is 0 Å². The molecule has 5 nitrogen and oxygen atoms in total. The maximum atomic E-state index is 12.0. The van der Waals surface area contributed by atoms with Crippen LogP contribution in [-0.2, 0) is 30.3 Å². The molecule has 2 fully saturated rings. The molecule has 4 atom stereocenters. The minimum atomic E-state index is -0.768. The quantitative estimate of drug-likeness (QED) is 0.811. The largest absolute Gasteiger partial charge is 0.367 e. The van der Waals surface area contributed by atoms with Crippen molar-refractivity contribution in [3.05, 3.63) is 47.0 Å². The molecule has 2 aliphatic rings. The number of benzene rings is 2. The lowest BCUT2D eigenvalue weighted by Crippen LogP contribution is -2.39. The average Bonchev–Trinajstić information content (AvgIpc) is 3.06. The van der Waals surface area contributed by atoms with Crippen LogP contribution in [0.4, 0.5) is 0 Å². The lowest BCUT2D eigenvalue weighted by Gasteiger charge is -2.25. The summed E-state index contributed by atoms with van der Waals surface area (Å²) >= 11 is 6.41. The van der Waals surface area contributed by atoms with E-state index in [-0.39, 0.29) is 12.4 Å². The summed E-state index contributed by atoms with van der Waals surface area (Å²) in [5, 5.41) is 2.74. The predicted molar refractivity (Wildman–Crippen MR) is 96.9 cm³/mol. The van der Waals surface area contributed by atoms with Crippen LogP contribution in [0.5, 0.6) is 0 Å². The number of carbonyl (C=O) groups is 1. The van der Waals surface area contributed by atoms with Gasteiger partial charge in [-0.2, -0.15) is 0 Å². The Morgan fingerprint density at radius 2 is 1.96 bits per heavy atom. The summed E-state index contributed by atoms with van der Waals surface area (Å²) in [4.78, 5) is 12.0. The standard InChI is InChI=1S/C20H21ClO5/c1-11(22)16-17(18-19(24-16)26-20(2,3)25-18)23-10-14-13-7-5-4-6-12(13)8-9-15(14)21/h4-9,16-19H,10H2,1-3H3/t16-,17+,18-,19-/m1/s1. The minimum absolute atomic E-state index is 0.113. The van der Waals surface area contributed by atoms with Crippen molar-refractivity contribution in [1.29, 1.82) is 0 Å². The zero-order chi connectivity index (χ0) is 18.5. The third-order valence-corrected chi connectivity index (χ3v) is 5.15. The van der Waals surface area contributed by atoms with E-state index < -0.39 is 30.4 Å². The van der Waals surface area contributed by atoms with Crippen LogP contribution < -0.4 is 0 Å². The smallest absolute Gasteiger partial charge is 0.190 e. The van der Waals surface area contributed by atoms with E-state index in [0.717, 1.165) is 16.3 Å². The molecule has 26 heavy (non-hydrogen) atoms. The maximum absolute atomic E-state index is 12.0. The summed E-state index contributed by atoms with van der Waals surface area (Å²) in [7, 11) is 0. The van der Waals surface area contributed by atoms with Crippen LogP contribution in [0.15, 0.2) is 36.4 Å². The Kier molecular flexibility index (Phi) is 4.53. The number of Topliss-reactive ketones (excluding diaryl/α,β-unsaturated/α-hetero) is 1. The zero-order valence-electron chi connectivity index (χ0n) is 14.9. The van der Waals surface area contributed by atoms with Gasteiger partial charge < -0.3 is 18.9 Å². The first-order chi connectivity index (χ1) is 12.4. The van der Waals surface area contributed by atoms with Crippen molar-refractivity contribution in [3.63, 3.8) is 0 Å². The van der Waals surface area contributed by atoms with Crippen LogP contribution in [0.1, 0.15) is 26.3 Å². The molecule has 0 aromatic heterocycles. The maximum Gasteiger partial charge on any atom is 0.190 e. The first-order valence-electron chi connectivity index (χ1n) is 8.65. The van der Waals surface area contributed by atoms with Gasteiger partial charge >= 0.3 is 0 Å². The highest BCUT2D eigenvalue weighted by Crippen LogP contribution is 2.39. The number of fused-ring (bicyclic) bond motifs is 2. The fraction of sp³-hybridized carbons (Fsp3) is 0.450. The van der Waals surface area contributed by atoms with Crippen LogP contribution in [0.25, 0.3) is 10.8 Å². The second-order valence-electron chi connectivity index (χ2n) is 7.16. The molecule has 6 heteroatoms. The third kappa shape index (κ3) is 3.15. The van der Waals surface area contributed by atoms with Gasteiger partial charge in [0.05, 0.1) is 6.61 Å². The van der Waals surface area contributed by atoms with Crippen LogP contribution in [0, 0.1) is 0 Å². The first-order valence-corrected chi connectivity index (χ1v) is 9.03. The van der Waals surface area contributed by atoms with E-state index in [1.807, 2.05) is 50.2 Å². The molecule has 0 amide bonds. The summed E-state index contributed by atoms with van der Waals surface area (Å²) in [6.45, 7) is 5.37. The van der Waals surface area contributed by atoms with Crippen LogP contribution in [0.2, 0.25) is 5.02 Å². The summed E-state index contributed by atoms with van der Waals surface area (Å²) in [5.74, 6) is -0.881. The van der Waals surface area contributed by atoms with Gasteiger partial charge in [0.1, 0.15) is 18.3 Å². The van der Waals surface area contributed by atoms with Crippen molar-refractivity contribution in [3.8, 4) is 0 Å². The summed E-state index contributed by atoms with van der Waals surface area (Å²) in [5.41, 5.74) is 0.883. The Hall–Kier alpha value is -1.50. The van der Waals surface area contributed by atoms with Gasteiger partial charge in [0.25, 0.3) is 0 Å². The van der Waals surface area contributed by atoms with Gasteiger partial charge in [-0.05, 0) is 37.6 Å². The van der Waals surface area contributed by atoms with E-state index in [4.69, 9.17) is 30.5 Å². The van der Waals surface area contributed by atoms with E-state index >= 15 is 0 Å². The van der Waals surface area contributed by atoms with Gasteiger partial charge in [0, 0.05) is 10.6 Å². The predicted octanol–water partition coefficient (Wildman–Crippen LogP) is 3.84. The summed E-state index contributed by atoms with van der Waals surface area (Å²) < 4.78 is 23.5. The molecule has 0 N–H and O–H groups in total. The van der Waals surface area contributed by atoms with Gasteiger partial charge in [-0.15, -0.1) is 0 Å². The van der Waals surface area contributed by atoms with Crippen molar-refractivity contribution >= 4 is 28.2 Å². The third-order valence-electron chi connectivity index (χ3n) is 4.80. The van der Waals surface area contributed by atoms with Crippen molar-refractivity contribution in [2.45, 2.75) is 57.8 Å². The molecule has 4 rings (SSSR count). The minimum Gasteiger partial charge on any atom is -0.367 e. The highest BCUT2D eigenvalue weighted by molar-refractivity contribution is 6.32. The lowest BCUT2D eigenvalue weighted by molar-refractivity contribution is -0.218. The summed E-state index contributed by atoms with van der Waals surface area (Å²) in [6.07, 6.45) is -2.32. The molecule has 2 aromatic rings. The van der Waals surface area contributed by atoms with Gasteiger partial charge in [0.15, 0.2) is 17.9 Å². The SMILES string of the molecule is CC(=O)[C@H]1O[C@@H]2OC(C)(C)O[C@@H]2[C@H]1OCc1c(Cl)ccc2ccccc12. The molecule has 2 aliphatic heterocycles. The molecule has 0 bridgehead atoms. The Labute approximate surface area is 157 Å². The molecule has 138 valence electrons. The van der Waals surface area contributed by atoms with E-state index in [1.165, 1.54) is 6.92 Å².